The van der Waals surface area contributed by atoms with Gasteiger partial charge >= 0.3 is 11.7 Å². The van der Waals surface area contributed by atoms with E-state index in [4.69, 9.17) is 19.2 Å². The predicted octanol–water partition coefficient (Wildman–Crippen LogP) is 1.60. The molecule has 10 nitrogen and oxygen atoms in total. The van der Waals surface area contributed by atoms with Gasteiger partial charge in [0.1, 0.15) is 5.78 Å². The molecule has 0 aromatic heterocycles. The highest BCUT2D eigenvalue weighted by atomic mass is 32.2. The molecule has 1 aromatic carbocycles. The number of ether oxygens (including phenoxy) is 2. The summed E-state index contributed by atoms with van der Waals surface area (Å²) in [6.45, 7) is 3.98. The monoisotopic (exact) mass is 464 g/mol. The van der Waals surface area contributed by atoms with Crippen LogP contribution in [0, 0.1) is 5.41 Å². The van der Waals surface area contributed by atoms with Crippen molar-refractivity contribution in [2.75, 3.05) is 13.2 Å². The van der Waals surface area contributed by atoms with Gasteiger partial charge in [-0.3, -0.25) is 13.8 Å². The van der Waals surface area contributed by atoms with Crippen molar-refractivity contribution >= 4 is 33.4 Å². The fourth-order valence-electron chi connectivity index (χ4n) is 3.43. The van der Waals surface area contributed by atoms with E-state index in [2.05, 4.69) is 11.4 Å². The Balaban J connectivity index is 2.35. The maximum Gasteiger partial charge on any atom is 0.441 e. The molecule has 0 heterocycles. The van der Waals surface area contributed by atoms with Gasteiger partial charge in [-0.2, -0.15) is 13.2 Å². The van der Waals surface area contributed by atoms with Crippen LogP contribution in [0.15, 0.2) is 42.3 Å². The number of esters is 1. The number of benzene rings is 1. The van der Waals surface area contributed by atoms with E-state index in [-0.39, 0.29) is 26.1 Å². The SMILES string of the molecule is C=CS(=O)(=O)OC[C@]1(CC(=O)C(=[N+]=[N-])C(=O)OCC)C(=O)CC[C@@H]1OCc1ccccc1. The van der Waals surface area contributed by atoms with E-state index in [1.54, 1.807) is 24.3 Å². The van der Waals surface area contributed by atoms with Crippen LogP contribution in [0.1, 0.15) is 31.7 Å². The lowest BCUT2D eigenvalue weighted by Gasteiger charge is -2.32. The molecule has 32 heavy (non-hydrogen) atoms. The van der Waals surface area contributed by atoms with E-state index in [0.29, 0.717) is 5.41 Å². The van der Waals surface area contributed by atoms with Gasteiger partial charge in [0.05, 0.1) is 36.7 Å². The number of nitrogens with zero attached hydrogens (tertiary/aromatic N) is 2. The molecule has 0 spiro atoms. The second-order valence-electron chi connectivity index (χ2n) is 7.09. The van der Waals surface area contributed by atoms with Crippen LogP contribution in [0.3, 0.4) is 0 Å². The van der Waals surface area contributed by atoms with Crippen LogP contribution in [-0.4, -0.2) is 55.8 Å². The van der Waals surface area contributed by atoms with Gasteiger partial charge in [-0.1, -0.05) is 36.9 Å². The van der Waals surface area contributed by atoms with Crippen LogP contribution in [0.25, 0.3) is 5.53 Å². The van der Waals surface area contributed by atoms with Gasteiger partial charge < -0.3 is 15.0 Å². The molecule has 0 aliphatic heterocycles. The Labute approximate surface area is 185 Å². The average Bonchev–Trinajstić information content (AvgIpc) is 3.07. The summed E-state index contributed by atoms with van der Waals surface area (Å²) in [6.07, 6.45) is -1.34. The molecular weight excluding hydrogens is 440 g/mol. The number of hydrogen-bond donors (Lipinski definition) is 0. The van der Waals surface area contributed by atoms with E-state index in [1.807, 2.05) is 6.07 Å². The molecule has 1 aromatic rings. The van der Waals surface area contributed by atoms with Gasteiger partial charge in [0, 0.05) is 12.8 Å². The molecular formula is C21H24N2O8S. The van der Waals surface area contributed by atoms with Crippen molar-refractivity contribution in [1.82, 2.24) is 0 Å². The summed E-state index contributed by atoms with van der Waals surface area (Å²) in [5.74, 6) is -2.64. The third-order valence-corrected chi connectivity index (χ3v) is 5.95. The van der Waals surface area contributed by atoms with Crippen molar-refractivity contribution in [3.05, 3.63) is 53.4 Å². The quantitative estimate of drug-likeness (QED) is 0.113. The summed E-state index contributed by atoms with van der Waals surface area (Å²) >= 11 is 0. The third kappa shape index (κ3) is 6.04. The second kappa shape index (κ2) is 11.1. The average molecular weight is 464 g/mol. The van der Waals surface area contributed by atoms with Gasteiger partial charge in [0.15, 0.2) is 0 Å². The van der Waals surface area contributed by atoms with Gasteiger partial charge in [-0.25, -0.2) is 4.79 Å². The van der Waals surface area contributed by atoms with E-state index in [0.717, 1.165) is 5.56 Å². The number of carbonyl (C=O) groups is 3. The molecule has 11 heteroatoms. The van der Waals surface area contributed by atoms with Gasteiger partial charge in [-0.05, 0) is 18.9 Å². The minimum absolute atomic E-state index is 0.00917. The largest absolute Gasteiger partial charge is 0.457 e. The molecule has 1 fully saturated rings. The maximum absolute atomic E-state index is 12.9. The fraction of sp³-hybridized carbons (Fsp3) is 0.429. The molecule has 0 amide bonds. The number of Topliss-reactive ketones (excluding diaryl/α,β-unsaturated/α-hetero) is 2. The van der Waals surface area contributed by atoms with Crippen LogP contribution in [0.4, 0.5) is 0 Å². The topological polar surface area (TPSA) is 149 Å². The molecule has 0 unspecified atom stereocenters. The van der Waals surface area contributed by atoms with E-state index in [1.165, 1.54) is 6.92 Å². The fourth-order valence-corrected chi connectivity index (χ4v) is 3.90. The van der Waals surface area contributed by atoms with Crippen LogP contribution in [0.5, 0.6) is 0 Å². The minimum Gasteiger partial charge on any atom is -0.457 e. The molecule has 0 radical (unpaired) electrons. The molecule has 1 saturated carbocycles. The first kappa shape index (κ1) is 25.3. The Kier molecular flexibility index (Phi) is 8.73. The smallest absolute Gasteiger partial charge is 0.441 e. The molecule has 0 saturated heterocycles. The highest BCUT2D eigenvalue weighted by Gasteiger charge is 2.54. The summed E-state index contributed by atoms with van der Waals surface area (Å²) in [5, 5.41) is 0.570. The Bertz CT molecular complexity index is 1030. The number of carbonyl (C=O) groups excluding carboxylic acids is 3. The number of ketones is 2. The summed E-state index contributed by atoms with van der Waals surface area (Å²) in [5.41, 5.74) is 7.32. The van der Waals surface area contributed by atoms with Crippen molar-refractivity contribution in [2.45, 2.75) is 38.9 Å². The van der Waals surface area contributed by atoms with Crippen LogP contribution in [-0.2, 0) is 44.8 Å². The Morgan fingerprint density at radius 1 is 1.31 bits per heavy atom. The molecule has 0 bridgehead atoms. The minimum atomic E-state index is -4.17. The van der Waals surface area contributed by atoms with E-state index in [9.17, 15) is 22.8 Å². The summed E-state index contributed by atoms with van der Waals surface area (Å²) in [7, 11) is -4.17. The van der Waals surface area contributed by atoms with E-state index >= 15 is 0 Å². The molecule has 172 valence electrons. The van der Waals surface area contributed by atoms with Gasteiger partial charge in [0.2, 0.25) is 0 Å². The highest BCUT2D eigenvalue weighted by Crippen LogP contribution is 2.42. The zero-order chi connectivity index (χ0) is 23.8. The summed E-state index contributed by atoms with van der Waals surface area (Å²) < 4.78 is 39.2. The van der Waals surface area contributed by atoms with Crippen molar-refractivity contribution in [2.24, 2.45) is 5.41 Å². The summed E-state index contributed by atoms with van der Waals surface area (Å²) in [6, 6.07) is 9.04. The first-order valence-electron chi connectivity index (χ1n) is 9.82. The normalized spacial score (nSPS) is 20.4. The van der Waals surface area contributed by atoms with Crippen molar-refractivity contribution < 1.29 is 41.2 Å². The van der Waals surface area contributed by atoms with Crippen LogP contribution >= 0.6 is 0 Å². The van der Waals surface area contributed by atoms with Crippen molar-refractivity contribution in [3.8, 4) is 0 Å². The summed E-state index contributed by atoms with van der Waals surface area (Å²) in [4.78, 5) is 40.4. The molecule has 1 aliphatic rings. The maximum atomic E-state index is 12.9. The second-order valence-corrected chi connectivity index (χ2v) is 8.65. The highest BCUT2D eigenvalue weighted by molar-refractivity contribution is 7.89. The standard InChI is InChI=1S/C21H24N2O8S/c1-3-29-20(26)19(23-22)16(24)12-21(14-31-32(27,28)4-2)17(25)10-11-18(21)30-13-15-8-6-5-7-9-15/h4-9,18H,2-3,10-14H2,1H3/t18-,21+/m0/s1. The Morgan fingerprint density at radius 3 is 2.59 bits per heavy atom. The Morgan fingerprint density at radius 2 is 2.00 bits per heavy atom. The zero-order valence-electron chi connectivity index (χ0n) is 17.6. The lowest BCUT2D eigenvalue weighted by atomic mass is 9.78. The molecule has 0 N–H and O–H groups in total. The van der Waals surface area contributed by atoms with Gasteiger partial charge in [0.25, 0.3) is 15.9 Å². The molecule has 2 atom stereocenters. The van der Waals surface area contributed by atoms with E-state index < -0.39 is 57.9 Å². The Hall–Kier alpha value is -2.98. The first-order chi connectivity index (χ1) is 15.2. The van der Waals surface area contributed by atoms with Crippen LogP contribution < -0.4 is 0 Å². The lowest BCUT2D eigenvalue weighted by molar-refractivity contribution is -0.145. The van der Waals surface area contributed by atoms with Crippen molar-refractivity contribution in [1.29, 1.82) is 0 Å². The first-order valence-corrected chi connectivity index (χ1v) is 11.3. The molecule has 1 aliphatic carbocycles. The number of hydrogen-bond acceptors (Lipinski definition) is 8. The zero-order valence-corrected chi connectivity index (χ0v) is 18.4. The molecule has 2 rings (SSSR count). The van der Waals surface area contributed by atoms with Crippen molar-refractivity contribution in [3.63, 3.8) is 0 Å². The third-order valence-electron chi connectivity index (χ3n) is 5.09. The lowest BCUT2D eigenvalue weighted by Crippen LogP contribution is -2.46. The predicted molar refractivity (Wildman–Crippen MR) is 112 cm³/mol. The number of rotatable bonds is 12. The van der Waals surface area contributed by atoms with Crippen LogP contribution in [0.2, 0.25) is 0 Å². The van der Waals surface area contributed by atoms with Gasteiger partial charge in [-0.15, -0.1) is 0 Å².